The number of benzene rings is 1. The predicted octanol–water partition coefficient (Wildman–Crippen LogP) is 1.47. The zero-order valence-electron chi connectivity index (χ0n) is 10.8. The van der Waals surface area contributed by atoms with Crippen LogP contribution in [0.5, 0.6) is 0 Å². The maximum Gasteiger partial charge on any atom is 0.328 e. The molecule has 0 fully saturated rings. The molecular formula is C14H17N3O2. The standard InChI is InChI=1S/C14H17N3O2/c1-15-14(13(18)19,12-6-3-2-4-7-12)8-11-17-10-5-9-16-17/h2-7,9-10,15H,8,11H2,1H3,(H,18,19). The molecule has 0 saturated heterocycles. The Morgan fingerprint density at radius 3 is 2.63 bits per heavy atom. The summed E-state index contributed by atoms with van der Waals surface area (Å²) in [7, 11) is 1.67. The zero-order chi connectivity index (χ0) is 13.7. The van der Waals surface area contributed by atoms with Gasteiger partial charge in [0.15, 0.2) is 0 Å². The third kappa shape index (κ3) is 2.66. The first kappa shape index (κ1) is 13.3. The molecule has 1 heterocycles. The van der Waals surface area contributed by atoms with Gasteiger partial charge in [0.25, 0.3) is 0 Å². The smallest absolute Gasteiger partial charge is 0.328 e. The van der Waals surface area contributed by atoms with E-state index in [0.29, 0.717) is 13.0 Å². The number of rotatable bonds is 6. The summed E-state index contributed by atoms with van der Waals surface area (Å²) < 4.78 is 1.73. The van der Waals surface area contributed by atoms with E-state index in [4.69, 9.17) is 0 Å². The maximum atomic E-state index is 11.7. The van der Waals surface area contributed by atoms with Crippen molar-refractivity contribution in [3.8, 4) is 0 Å². The molecule has 2 N–H and O–H groups in total. The number of likely N-dealkylation sites (N-methyl/N-ethyl adjacent to an activating group) is 1. The van der Waals surface area contributed by atoms with Crippen molar-refractivity contribution in [1.29, 1.82) is 0 Å². The van der Waals surface area contributed by atoms with Gasteiger partial charge in [-0.15, -0.1) is 0 Å². The normalized spacial score (nSPS) is 13.9. The molecule has 0 saturated carbocycles. The van der Waals surface area contributed by atoms with Crippen LogP contribution in [0.25, 0.3) is 0 Å². The van der Waals surface area contributed by atoms with Crippen molar-refractivity contribution in [2.24, 2.45) is 0 Å². The number of carbonyl (C=O) groups is 1. The molecule has 5 nitrogen and oxygen atoms in total. The molecule has 2 rings (SSSR count). The van der Waals surface area contributed by atoms with Crippen LogP contribution in [0.4, 0.5) is 0 Å². The summed E-state index contributed by atoms with van der Waals surface area (Å²) >= 11 is 0. The Kier molecular flexibility index (Phi) is 3.97. The lowest BCUT2D eigenvalue weighted by Gasteiger charge is -2.29. The maximum absolute atomic E-state index is 11.7. The summed E-state index contributed by atoms with van der Waals surface area (Å²) in [6.07, 6.45) is 3.93. The number of carboxylic acids is 1. The van der Waals surface area contributed by atoms with Gasteiger partial charge < -0.3 is 10.4 Å². The van der Waals surface area contributed by atoms with Crippen molar-refractivity contribution in [3.05, 3.63) is 54.4 Å². The van der Waals surface area contributed by atoms with Crippen LogP contribution < -0.4 is 5.32 Å². The van der Waals surface area contributed by atoms with E-state index in [1.54, 1.807) is 17.9 Å². The fraction of sp³-hybridized carbons (Fsp3) is 0.286. The van der Waals surface area contributed by atoms with Gasteiger partial charge in [-0.3, -0.25) is 4.68 Å². The topological polar surface area (TPSA) is 67.2 Å². The molecule has 0 spiro atoms. The van der Waals surface area contributed by atoms with Crippen LogP contribution in [0.2, 0.25) is 0 Å². The second-order valence-corrected chi connectivity index (χ2v) is 4.35. The van der Waals surface area contributed by atoms with Gasteiger partial charge in [0.05, 0.1) is 0 Å². The highest BCUT2D eigenvalue weighted by atomic mass is 16.4. The van der Waals surface area contributed by atoms with Gasteiger partial charge in [0.2, 0.25) is 0 Å². The van der Waals surface area contributed by atoms with Gasteiger partial charge in [-0.1, -0.05) is 30.3 Å². The van der Waals surface area contributed by atoms with E-state index in [1.165, 1.54) is 0 Å². The minimum absolute atomic E-state index is 0.421. The van der Waals surface area contributed by atoms with Crippen LogP contribution in [0.3, 0.4) is 0 Å². The molecule has 2 aromatic rings. The number of nitrogens with one attached hydrogen (secondary N) is 1. The Labute approximate surface area is 111 Å². The largest absolute Gasteiger partial charge is 0.480 e. The lowest BCUT2D eigenvalue weighted by atomic mass is 9.86. The van der Waals surface area contributed by atoms with Gasteiger partial charge >= 0.3 is 5.97 Å². The highest BCUT2D eigenvalue weighted by molar-refractivity contribution is 5.80. The van der Waals surface area contributed by atoms with Crippen LogP contribution in [-0.4, -0.2) is 27.9 Å². The molecule has 0 aliphatic heterocycles. The van der Waals surface area contributed by atoms with E-state index < -0.39 is 11.5 Å². The third-order valence-electron chi connectivity index (χ3n) is 3.33. The molecule has 0 radical (unpaired) electrons. The summed E-state index contributed by atoms with van der Waals surface area (Å²) in [5.74, 6) is -0.881. The Morgan fingerprint density at radius 1 is 1.37 bits per heavy atom. The number of hydrogen-bond donors (Lipinski definition) is 2. The van der Waals surface area contributed by atoms with Crippen LogP contribution in [0.15, 0.2) is 48.8 Å². The molecule has 19 heavy (non-hydrogen) atoms. The van der Waals surface area contributed by atoms with E-state index in [2.05, 4.69) is 10.4 Å². The van der Waals surface area contributed by atoms with Crippen molar-refractivity contribution in [2.75, 3.05) is 7.05 Å². The lowest BCUT2D eigenvalue weighted by molar-refractivity contribution is -0.145. The van der Waals surface area contributed by atoms with Crippen molar-refractivity contribution < 1.29 is 9.90 Å². The quantitative estimate of drug-likeness (QED) is 0.824. The van der Waals surface area contributed by atoms with Gasteiger partial charge in [0, 0.05) is 25.4 Å². The van der Waals surface area contributed by atoms with E-state index in [0.717, 1.165) is 5.56 Å². The monoisotopic (exact) mass is 259 g/mol. The van der Waals surface area contributed by atoms with Crippen molar-refractivity contribution in [2.45, 2.75) is 18.5 Å². The second-order valence-electron chi connectivity index (χ2n) is 4.35. The van der Waals surface area contributed by atoms with E-state index in [9.17, 15) is 9.90 Å². The Morgan fingerprint density at radius 2 is 2.11 bits per heavy atom. The molecule has 0 aliphatic carbocycles. The Bertz CT molecular complexity index is 525. The van der Waals surface area contributed by atoms with E-state index in [1.807, 2.05) is 42.6 Å². The van der Waals surface area contributed by atoms with Crippen LogP contribution >= 0.6 is 0 Å². The molecule has 0 aliphatic rings. The number of aromatic nitrogens is 2. The summed E-state index contributed by atoms with van der Waals surface area (Å²) in [5.41, 5.74) is -0.343. The van der Waals surface area contributed by atoms with Crippen molar-refractivity contribution >= 4 is 5.97 Å². The van der Waals surface area contributed by atoms with E-state index >= 15 is 0 Å². The molecule has 1 aromatic heterocycles. The summed E-state index contributed by atoms with van der Waals surface area (Å²) in [4.78, 5) is 11.7. The van der Waals surface area contributed by atoms with Crippen molar-refractivity contribution in [3.63, 3.8) is 0 Å². The fourth-order valence-electron chi connectivity index (χ4n) is 2.19. The van der Waals surface area contributed by atoms with Gasteiger partial charge in [0.1, 0.15) is 5.54 Å². The summed E-state index contributed by atoms with van der Waals surface area (Å²) in [6, 6.07) is 11.0. The minimum Gasteiger partial charge on any atom is -0.480 e. The van der Waals surface area contributed by atoms with Gasteiger partial charge in [-0.05, 0) is 18.7 Å². The predicted molar refractivity (Wildman–Crippen MR) is 71.7 cm³/mol. The van der Waals surface area contributed by atoms with Crippen LogP contribution in [-0.2, 0) is 16.9 Å². The van der Waals surface area contributed by atoms with Crippen LogP contribution in [0, 0.1) is 0 Å². The number of aryl methyl sites for hydroxylation is 1. The first-order valence-corrected chi connectivity index (χ1v) is 6.14. The highest BCUT2D eigenvalue weighted by Gasteiger charge is 2.38. The Hall–Kier alpha value is -2.14. The molecular weight excluding hydrogens is 242 g/mol. The highest BCUT2D eigenvalue weighted by Crippen LogP contribution is 2.25. The molecule has 100 valence electrons. The number of aliphatic carboxylic acids is 1. The van der Waals surface area contributed by atoms with Gasteiger partial charge in [-0.2, -0.15) is 5.10 Å². The SMILES string of the molecule is CNC(CCn1cccn1)(C(=O)O)c1ccccc1. The van der Waals surface area contributed by atoms with E-state index in [-0.39, 0.29) is 0 Å². The molecule has 0 amide bonds. The average molecular weight is 259 g/mol. The Balaban J connectivity index is 2.27. The average Bonchev–Trinajstić information content (AvgIpc) is 2.94. The molecule has 5 heteroatoms. The van der Waals surface area contributed by atoms with Crippen molar-refractivity contribution in [1.82, 2.24) is 15.1 Å². The lowest BCUT2D eigenvalue weighted by Crippen LogP contribution is -2.48. The molecule has 1 unspecified atom stereocenters. The third-order valence-corrected chi connectivity index (χ3v) is 3.33. The second kappa shape index (κ2) is 5.67. The number of hydrogen-bond acceptors (Lipinski definition) is 3. The first-order chi connectivity index (χ1) is 9.19. The number of carboxylic acid groups (broad SMARTS) is 1. The number of nitrogens with zero attached hydrogens (tertiary/aromatic N) is 2. The van der Waals surface area contributed by atoms with Gasteiger partial charge in [-0.25, -0.2) is 4.79 Å². The van der Waals surface area contributed by atoms with Crippen LogP contribution in [0.1, 0.15) is 12.0 Å². The minimum atomic E-state index is -1.09. The molecule has 1 aromatic carbocycles. The first-order valence-electron chi connectivity index (χ1n) is 6.14. The molecule has 0 bridgehead atoms. The zero-order valence-corrected chi connectivity index (χ0v) is 10.8. The fourth-order valence-corrected chi connectivity index (χ4v) is 2.19. The summed E-state index contributed by atoms with van der Waals surface area (Å²) in [5, 5.41) is 16.7. The molecule has 1 atom stereocenters. The summed E-state index contributed by atoms with van der Waals surface area (Å²) in [6.45, 7) is 0.537.